The third kappa shape index (κ3) is 3.28. The van der Waals surface area contributed by atoms with Crippen molar-refractivity contribution in [2.75, 3.05) is 6.54 Å². The molecule has 0 bridgehead atoms. The monoisotopic (exact) mass is 323 g/mol. The van der Waals surface area contributed by atoms with Crippen LogP contribution in [0.5, 0.6) is 0 Å². The van der Waals surface area contributed by atoms with Gasteiger partial charge in [-0.15, -0.1) is 11.3 Å². The molecule has 8 heteroatoms. The highest BCUT2D eigenvalue weighted by Gasteiger charge is 2.35. The number of hydrogen-bond donors (Lipinski definition) is 1. The lowest BCUT2D eigenvalue weighted by atomic mass is 10.2. The van der Waals surface area contributed by atoms with Crippen LogP contribution in [0.3, 0.4) is 0 Å². The van der Waals surface area contributed by atoms with Gasteiger partial charge in [0.05, 0.1) is 4.34 Å². The van der Waals surface area contributed by atoms with Gasteiger partial charge in [-0.3, -0.25) is 4.79 Å². The van der Waals surface area contributed by atoms with Gasteiger partial charge in [0, 0.05) is 6.04 Å². The highest BCUT2D eigenvalue weighted by Crippen LogP contribution is 2.32. The van der Waals surface area contributed by atoms with E-state index in [2.05, 4.69) is 0 Å². The van der Waals surface area contributed by atoms with Crippen molar-refractivity contribution in [3.63, 3.8) is 0 Å². The molecule has 106 valence electrons. The number of halogens is 1. The Kier molecular flexibility index (Phi) is 4.50. The molecule has 1 aliphatic rings. The normalized spacial score (nSPS) is 17.2. The van der Waals surface area contributed by atoms with Crippen LogP contribution in [-0.2, 0) is 14.8 Å². The zero-order valence-corrected chi connectivity index (χ0v) is 12.5. The molecule has 0 unspecified atom stereocenters. The van der Waals surface area contributed by atoms with E-state index in [9.17, 15) is 13.2 Å². The summed E-state index contributed by atoms with van der Waals surface area (Å²) in [4.78, 5) is 10.9. The Hall–Kier alpha value is -0.630. The van der Waals surface area contributed by atoms with Crippen LogP contribution in [0, 0.1) is 0 Å². The summed E-state index contributed by atoms with van der Waals surface area (Å²) in [5, 5.41) is 8.93. The molecule has 0 spiro atoms. The Morgan fingerprint density at radius 2 is 2.05 bits per heavy atom. The number of rotatable bonds is 5. The summed E-state index contributed by atoms with van der Waals surface area (Å²) in [6.07, 6.45) is 3.29. The molecular formula is C11H14ClNO4S2. The highest BCUT2D eigenvalue weighted by atomic mass is 35.5. The third-order valence-electron chi connectivity index (χ3n) is 3.13. The van der Waals surface area contributed by atoms with Crippen LogP contribution >= 0.6 is 22.9 Å². The van der Waals surface area contributed by atoms with E-state index < -0.39 is 22.5 Å². The predicted octanol–water partition coefficient (Wildman–Crippen LogP) is 2.42. The highest BCUT2D eigenvalue weighted by molar-refractivity contribution is 7.91. The van der Waals surface area contributed by atoms with E-state index in [0.29, 0.717) is 17.2 Å². The first-order chi connectivity index (χ1) is 8.91. The van der Waals surface area contributed by atoms with Gasteiger partial charge in [-0.2, -0.15) is 4.31 Å². The summed E-state index contributed by atoms with van der Waals surface area (Å²) in [5.41, 5.74) is 0. The standard InChI is InChI=1S/C11H14ClNO4S2/c12-9-5-6-11(18-9)19(16,17)13(7-10(14)15)8-3-1-2-4-8/h5-6,8H,1-4,7H2,(H,14,15). The number of sulfonamides is 1. The van der Waals surface area contributed by atoms with Crippen molar-refractivity contribution in [3.05, 3.63) is 16.5 Å². The number of carboxylic acid groups (broad SMARTS) is 1. The molecule has 1 aromatic heterocycles. The second-order valence-electron chi connectivity index (χ2n) is 4.44. The lowest BCUT2D eigenvalue weighted by molar-refractivity contribution is -0.137. The summed E-state index contributed by atoms with van der Waals surface area (Å²) in [6.45, 7) is -0.498. The van der Waals surface area contributed by atoms with Crippen LogP contribution in [0.15, 0.2) is 16.3 Å². The van der Waals surface area contributed by atoms with Crippen molar-refractivity contribution < 1.29 is 18.3 Å². The smallest absolute Gasteiger partial charge is 0.318 e. The first-order valence-electron chi connectivity index (χ1n) is 5.90. The van der Waals surface area contributed by atoms with Crippen molar-refractivity contribution in [3.8, 4) is 0 Å². The molecule has 2 rings (SSSR count). The maximum Gasteiger partial charge on any atom is 0.318 e. The second-order valence-corrected chi connectivity index (χ2v) is 8.27. The minimum Gasteiger partial charge on any atom is -0.480 e. The maximum absolute atomic E-state index is 12.5. The second kappa shape index (κ2) is 5.78. The summed E-state index contributed by atoms with van der Waals surface area (Å²) < 4.78 is 26.5. The minimum absolute atomic E-state index is 0.102. The summed E-state index contributed by atoms with van der Waals surface area (Å²) in [5.74, 6) is -1.14. The van der Waals surface area contributed by atoms with E-state index in [-0.39, 0.29) is 10.3 Å². The zero-order chi connectivity index (χ0) is 14.0. The topological polar surface area (TPSA) is 74.7 Å². The van der Waals surface area contributed by atoms with Gasteiger partial charge in [0.2, 0.25) is 0 Å². The van der Waals surface area contributed by atoms with Gasteiger partial charge in [-0.25, -0.2) is 8.42 Å². The zero-order valence-electron chi connectivity index (χ0n) is 10.1. The van der Waals surface area contributed by atoms with Crippen LogP contribution in [0.25, 0.3) is 0 Å². The summed E-state index contributed by atoms with van der Waals surface area (Å²) in [6, 6.07) is 2.71. The number of carbonyl (C=O) groups is 1. The number of aliphatic carboxylic acids is 1. The molecule has 1 aliphatic carbocycles. The molecule has 1 saturated carbocycles. The third-order valence-corrected chi connectivity index (χ3v) is 6.73. The van der Waals surface area contributed by atoms with E-state index in [1.54, 1.807) is 0 Å². The maximum atomic E-state index is 12.5. The Bertz CT molecular complexity index is 563. The van der Waals surface area contributed by atoms with E-state index in [0.717, 1.165) is 28.5 Å². The Morgan fingerprint density at radius 1 is 1.42 bits per heavy atom. The summed E-state index contributed by atoms with van der Waals surface area (Å²) in [7, 11) is -3.77. The molecule has 0 amide bonds. The lowest BCUT2D eigenvalue weighted by Crippen LogP contribution is -2.41. The molecule has 19 heavy (non-hydrogen) atoms. The fraction of sp³-hybridized carbons (Fsp3) is 0.545. The molecule has 0 aromatic carbocycles. The van der Waals surface area contributed by atoms with Crippen molar-refractivity contribution >= 4 is 38.9 Å². The molecular weight excluding hydrogens is 310 g/mol. The molecule has 1 aromatic rings. The molecule has 0 saturated heterocycles. The van der Waals surface area contributed by atoms with E-state index in [4.69, 9.17) is 16.7 Å². The largest absolute Gasteiger partial charge is 0.480 e. The lowest BCUT2D eigenvalue weighted by Gasteiger charge is -2.25. The van der Waals surface area contributed by atoms with Crippen molar-refractivity contribution in [1.82, 2.24) is 4.31 Å². The first-order valence-corrected chi connectivity index (χ1v) is 8.53. The molecule has 1 fully saturated rings. The molecule has 5 nitrogen and oxygen atoms in total. The fourth-order valence-corrected chi connectivity index (χ4v) is 5.53. The van der Waals surface area contributed by atoms with Crippen LogP contribution in [-0.4, -0.2) is 36.4 Å². The molecule has 0 atom stereocenters. The molecule has 1 N–H and O–H groups in total. The van der Waals surface area contributed by atoms with E-state index in [1.165, 1.54) is 12.1 Å². The average molecular weight is 324 g/mol. The van der Waals surface area contributed by atoms with E-state index >= 15 is 0 Å². The first kappa shape index (κ1) is 14.8. The van der Waals surface area contributed by atoms with Crippen molar-refractivity contribution in [2.45, 2.75) is 35.9 Å². The van der Waals surface area contributed by atoms with Gasteiger partial charge in [-0.1, -0.05) is 24.4 Å². The van der Waals surface area contributed by atoms with E-state index in [1.807, 2.05) is 0 Å². The predicted molar refractivity (Wildman–Crippen MR) is 73.1 cm³/mol. The molecule has 0 radical (unpaired) electrons. The van der Waals surface area contributed by atoms with Crippen LogP contribution in [0.2, 0.25) is 4.34 Å². The number of thiophene rings is 1. The van der Waals surface area contributed by atoms with Gasteiger partial charge in [0.1, 0.15) is 10.8 Å². The SMILES string of the molecule is O=C(O)CN(C1CCCC1)S(=O)(=O)c1ccc(Cl)s1. The quantitative estimate of drug-likeness (QED) is 0.903. The van der Waals surface area contributed by atoms with Crippen molar-refractivity contribution in [1.29, 1.82) is 0 Å². The van der Waals surface area contributed by atoms with Crippen LogP contribution < -0.4 is 0 Å². The fourth-order valence-electron chi connectivity index (χ4n) is 2.29. The summed E-state index contributed by atoms with van der Waals surface area (Å²) >= 11 is 6.71. The number of nitrogens with zero attached hydrogens (tertiary/aromatic N) is 1. The van der Waals surface area contributed by atoms with Crippen LogP contribution in [0.4, 0.5) is 0 Å². The van der Waals surface area contributed by atoms with Gasteiger partial charge in [-0.05, 0) is 25.0 Å². The minimum atomic E-state index is -3.77. The Morgan fingerprint density at radius 3 is 2.53 bits per heavy atom. The van der Waals surface area contributed by atoms with Gasteiger partial charge >= 0.3 is 5.97 Å². The Balaban J connectivity index is 2.33. The molecule has 0 aliphatic heterocycles. The van der Waals surface area contributed by atoms with Gasteiger partial charge in [0.15, 0.2) is 0 Å². The van der Waals surface area contributed by atoms with Gasteiger partial charge < -0.3 is 5.11 Å². The van der Waals surface area contributed by atoms with Crippen molar-refractivity contribution in [2.24, 2.45) is 0 Å². The van der Waals surface area contributed by atoms with Gasteiger partial charge in [0.25, 0.3) is 10.0 Å². The van der Waals surface area contributed by atoms with Crippen LogP contribution in [0.1, 0.15) is 25.7 Å². The number of carboxylic acids is 1. The number of hydrogen-bond acceptors (Lipinski definition) is 4. The Labute approximate surface area is 120 Å². The molecule has 1 heterocycles. The average Bonchev–Trinajstić information content (AvgIpc) is 2.96.